The van der Waals surface area contributed by atoms with Gasteiger partial charge in [-0.1, -0.05) is 11.6 Å². The molecule has 5 nitrogen and oxygen atoms in total. The third-order valence-electron chi connectivity index (χ3n) is 6.37. The smallest absolute Gasteiger partial charge is 0.335 e. The molecule has 6 rings (SSSR count). The van der Waals surface area contributed by atoms with Gasteiger partial charge in [-0.3, -0.25) is 9.69 Å². The van der Waals surface area contributed by atoms with Crippen molar-refractivity contribution < 1.29 is 19.4 Å². The van der Waals surface area contributed by atoms with E-state index in [1.165, 1.54) is 16.8 Å². The quantitative estimate of drug-likeness (QED) is 0.356. The highest BCUT2D eigenvalue weighted by atomic mass is 35.5. The molecule has 1 saturated carbocycles. The van der Waals surface area contributed by atoms with E-state index >= 15 is 0 Å². The van der Waals surface area contributed by atoms with Crippen LogP contribution in [-0.4, -0.2) is 17.0 Å². The Balaban J connectivity index is 1.28. The van der Waals surface area contributed by atoms with Gasteiger partial charge in [-0.25, -0.2) is 4.79 Å². The number of carbonyl (C=O) groups is 2. The van der Waals surface area contributed by atoms with Crippen LogP contribution in [0.2, 0.25) is 5.02 Å². The molecule has 1 aromatic heterocycles. The molecule has 1 aliphatic heterocycles. The van der Waals surface area contributed by atoms with Crippen molar-refractivity contribution in [2.45, 2.75) is 24.9 Å². The first-order chi connectivity index (χ1) is 15.9. The Morgan fingerprint density at radius 3 is 2.58 bits per heavy atom. The zero-order valence-electron chi connectivity index (χ0n) is 17.4. The monoisotopic (exact) mass is 475 g/mol. The molecule has 4 aromatic rings. The predicted octanol–water partition coefficient (Wildman–Crippen LogP) is 6.54. The van der Waals surface area contributed by atoms with Crippen LogP contribution < -0.4 is 9.64 Å². The van der Waals surface area contributed by atoms with Crippen LogP contribution in [-0.2, 0) is 16.8 Å². The fourth-order valence-electron chi connectivity index (χ4n) is 4.53. The number of thiophene rings is 1. The number of hydrogen-bond donors (Lipinski definition) is 1. The molecule has 7 heteroatoms. The third kappa shape index (κ3) is 3.29. The highest BCUT2D eigenvalue weighted by Crippen LogP contribution is 2.59. The second kappa shape index (κ2) is 7.33. The summed E-state index contributed by atoms with van der Waals surface area (Å²) in [5.41, 5.74) is 2.20. The van der Waals surface area contributed by atoms with Gasteiger partial charge in [0.2, 0.25) is 5.91 Å². The lowest BCUT2D eigenvalue weighted by Gasteiger charge is -2.18. The zero-order chi connectivity index (χ0) is 22.7. The fraction of sp³-hybridized carbons (Fsp3) is 0.154. The lowest BCUT2D eigenvalue weighted by molar-refractivity contribution is -0.119. The number of fused-ring (bicyclic) bond motifs is 3. The number of amides is 1. The lowest BCUT2D eigenvalue weighted by atomic mass is 9.98. The Bertz CT molecular complexity index is 1440. The van der Waals surface area contributed by atoms with Gasteiger partial charge in [-0.2, -0.15) is 0 Å². The van der Waals surface area contributed by atoms with E-state index in [0.29, 0.717) is 17.3 Å². The van der Waals surface area contributed by atoms with Gasteiger partial charge >= 0.3 is 5.97 Å². The van der Waals surface area contributed by atoms with Crippen LogP contribution in [0.25, 0.3) is 10.1 Å². The summed E-state index contributed by atoms with van der Waals surface area (Å²) in [6.45, 7) is 0.442. The van der Waals surface area contributed by atoms with Crippen LogP contribution in [0, 0.1) is 0 Å². The number of aromatic carboxylic acids is 1. The molecule has 0 atom stereocenters. The summed E-state index contributed by atoms with van der Waals surface area (Å²) in [4.78, 5) is 27.3. The van der Waals surface area contributed by atoms with Crippen LogP contribution in [0.5, 0.6) is 5.75 Å². The van der Waals surface area contributed by atoms with Gasteiger partial charge in [0.1, 0.15) is 12.4 Å². The molecule has 3 aromatic carbocycles. The standard InChI is InChI=1S/C26H18ClNO4S/c27-17-3-8-23-16(11-17)12-20(33-23)14-32-19-6-7-22-21(13-19)26(9-10-26)25(31)28(22)18-4-1-15(2-5-18)24(29)30/h1-8,11-13H,9-10,14H2,(H,29,30). The van der Waals surface area contributed by atoms with E-state index in [9.17, 15) is 9.59 Å². The highest BCUT2D eigenvalue weighted by Gasteiger charge is 2.59. The van der Waals surface area contributed by atoms with Crippen molar-refractivity contribution in [3.63, 3.8) is 0 Å². The SMILES string of the molecule is O=C(O)c1ccc(N2C(=O)C3(CC3)c3cc(OCc4cc5cc(Cl)ccc5s4)ccc32)cc1. The molecule has 33 heavy (non-hydrogen) atoms. The van der Waals surface area contributed by atoms with E-state index in [1.807, 2.05) is 36.4 Å². The van der Waals surface area contributed by atoms with Gasteiger partial charge in [0.25, 0.3) is 0 Å². The van der Waals surface area contributed by atoms with Crippen molar-refractivity contribution >= 4 is 56.3 Å². The fourth-order valence-corrected chi connectivity index (χ4v) is 5.67. The van der Waals surface area contributed by atoms with E-state index in [0.717, 1.165) is 40.1 Å². The summed E-state index contributed by atoms with van der Waals surface area (Å²) in [5.74, 6) is -0.220. The molecule has 2 heterocycles. The van der Waals surface area contributed by atoms with Crippen molar-refractivity contribution in [3.8, 4) is 5.75 Å². The van der Waals surface area contributed by atoms with E-state index in [4.69, 9.17) is 21.4 Å². The number of carbonyl (C=O) groups excluding carboxylic acids is 1. The Kier molecular flexibility index (Phi) is 4.50. The van der Waals surface area contributed by atoms with Crippen LogP contribution in [0.3, 0.4) is 0 Å². The van der Waals surface area contributed by atoms with Crippen LogP contribution in [0.15, 0.2) is 66.7 Å². The average molecular weight is 476 g/mol. The summed E-state index contributed by atoms with van der Waals surface area (Å²) in [5, 5.41) is 11.0. The maximum Gasteiger partial charge on any atom is 0.335 e. The minimum Gasteiger partial charge on any atom is -0.488 e. The number of halogens is 1. The van der Waals surface area contributed by atoms with Crippen LogP contribution in [0.1, 0.15) is 33.6 Å². The first-order valence-corrected chi connectivity index (χ1v) is 11.8. The Morgan fingerprint density at radius 1 is 1.06 bits per heavy atom. The third-order valence-corrected chi connectivity index (χ3v) is 7.69. The molecule has 1 N–H and O–H groups in total. The number of carboxylic acid groups (broad SMARTS) is 1. The molecular weight excluding hydrogens is 458 g/mol. The first kappa shape index (κ1) is 20.3. The summed E-state index contributed by atoms with van der Waals surface area (Å²) in [7, 11) is 0. The van der Waals surface area contributed by atoms with Crippen molar-refractivity contribution in [2.75, 3.05) is 4.90 Å². The van der Waals surface area contributed by atoms with Crippen molar-refractivity contribution in [2.24, 2.45) is 0 Å². The summed E-state index contributed by atoms with van der Waals surface area (Å²) < 4.78 is 7.26. The molecular formula is C26H18ClNO4S. The molecule has 1 amide bonds. The van der Waals surface area contributed by atoms with E-state index in [2.05, 4.69) is 6.07 Å². The van der Waals surface area contributed by atoms with Gasteiger partial charge in [-0.15, -0.1) is 11.3 Å². The van der Waals surface area contributed by atoms with Gasteiger partial charge in [0.15, 0.2) is 0 Å². The second-order valence-electron chi connectivity index (χ2n) is 8.44. The summed E-state index contributed by atoms with van der Waals surface area (Å²) in [6, 6.07) is 20.2. The molecule has 2 aliphatic rings. The Morgan fingerprint density at radius 2 is 1.85 bits per heavy atom. The Hall–Kier alpha value is -3.35. The summed E-state index contributed by atoms with van der Waals surface area (Å²) in [6.07, 6.45) is 1.62. The van der Waals surface area contributed by atoms with Crippen molar-refractivity contribution in [1.29, 1.82) is 0 Å². The van der Waals surface area contributed by atoms with Crippen LogP contribution in [0.4, 0.5) is 11.4 Å². The van der Waals surface area contributed by atoms with Gasteiger partial charge in [0, 0.05) is 20.3 Å². The number of hydrogen-bond acceptors (Lipinski definition) is 4. The van der Waals surface area contributed by atoms with E-state index in [1.54, 1.807) is 28.4 Å². The van der Waals surface area contributed by atoms with Gasteiger partial charge < -0.3 is 9.84 Å². The predicted molar refractivity (Wildman–Crippen MR) is 129 cm³/mol. The number of carboxylic acids is 1. The van der Waals surface area contributed by atoms with Gasteiger partial charge in [0.05, 0.1) is 16.7 Å². The van der Waals surface area contributed by atoms with E-state index in [-0.39, 0.29) is 11.5 Å². The summed E-state index contributed by atoms with van der Waals surface area (Å²) >= 11 is 7.77. The minimum atomic E-state index is -0.989. The second-order valence-corrected chi connectivity index (χ2v) is 10.0. The number of benzene rings is 3. The van der Waals surface area contributed by atoms with Gasteiger partial charge in [-0.05, 0) is 90.5 Å². The first-order valence-electron chi connectivity index (χ1n) is 10.6. The molecule has 164 valence electrons. The van der Waals surface area contributed by atoms with Crippen molar-refractivity contribution in [3.05, 3.63) is 87.8 Å². The molecule has 0 bridgehead atoms. The number of rotatable bonds is 5. The van der Waals surface area contributed by atoms with E-state index < -0.39 is 11.4 Å². The molecule has 0 unspecified atom stereocenters. The van der Waals surface area contributed by atoms with Crippen LogP contribution >= 0.6 is 22.9 Å². The number of ether oxygens (including phenoxy) is 1. The highest BCUT2D eigenvalue weighted by molar-refractivity contribution is 7.19. The number of anilines is 2. The molecule has 0 saturated heterocycles. The maximum absolute atomic E-state index is 13.3. The lowest BCUT2D eigenvalue weighted by Crippen LogP contribution is -2.27. The maximum atomic E-state index is 13.3. The minimum absolute atomic E-state index is 0.0408. The topological polar surface area (TPSA) is 66.8 Å². The molecule has 1 aliphatic carbocycles. The largest absolute Gasteiger partial charge is 0.488 e. The molecule has 1 spiro atoms. The number of nitrogens with zero attached hydrogens (tertiary/aromatic N) is 1. The molecule has 0 radical (unpaired) electrons. The van der Waals surface area contributed by atoms with Crippen molar-refractivity contribution in [1.82, 2.24) is 0 Å². The average Bonchev–Trinajstić information content (AvgIpc) is 3.46. The molecule has 1 fully saturated rings. The zero-order valence-corrected chi connectivity index (χ0v) is 18.9. The Labute approximate surface area is 198 Å². The normalized spacial score (nSPS) is 15.8.